The van der Waals surface area contributed by atoms with Crippen molar-refractivity contribution in [2.75, 3.05) is 23.9 Å². The minimum atomic E-state index is -0.204. The molecule has 5 aromatic rings. The fraction of sp³-hybridized carbons (Fsp3) is 0.147. The maximum atomic E-state index is 5.65. The van der Waals surface area contributed by atoms with Gasteiger partial charge in [-0.1, -0.05) is 42.5 Å². The monoisotopic (exact) mass is 554 g/mol. The van der Waals surface area contributed by atoms with Crippen molar-refractivity contribution in [3.8, 4) is 17.2 Å². The van der Waals surface area contributed by atoms with E-state index in [1.54, 1.807) is 7.11 Å². The fourth-order valence-corrected chi connectivity index (χ4v) is 5.59. The predicted octanol–water partition coefficient (Wildman–Crippen LogP) is 7.38. The Morgan fingerprint density at radius 2 is 1.52 bits per heavy atom. The number of aryl methyl sites for hydroxylation is 1. The molecule has 1 N–H and O–H groups in total. The Balaban J connectivity index is 1.44. The number of ether oxygens (including phenoxy) is 2. The van der Waals surface area contributed by atoms with Crippen LogP contribution in [0.25, 0.3) is 5.69 Å². The van der Waals surface area contributed by atoms with E-state index in [-0.39, 0.29) is 6.04 Å². The maximum absolute atomic E-state index is 5.65. The Bertz CT molecular complexity index is 1810. The number of fused-ring (bicyclic) bond motifs is 4. The molecular weight excluding hydrogens is 524 g/mol. The molecule has 0 bridgehead atoms. The molecule has 0 radical (unpaired) electrons. The molecule has 0 spiro atoms. The van der Waals surface area contributed by atoms with Gasteiger partial charge >= 0.3 is 0 Å². The highest BCUT2D eigenvalue weighted by molar-refractivity contribution is 6.51. The van der Waals surface area contributed by atoms with E-state index in [1.807, 2.05) is 96.5 Å². The van der Waals surface area contributed by atoms with E-state index in [2.05, 4.69) is 35.3 Å². The average Bonchev–Trinajstić information content (AvgIpc) is 3.37. The van der Waals surface area contributed by atoms with Gasteiger partial charge in [0.1, 0.15) is 11.5 Å². The molecule has 7 rings (SSSR count). The van der Waals surface area contributed by atoms with Crippen molar-refractivity contribution in [1.29, 1.82) is 0 Å². The second kappa shape index (κ2) is 10.6. The minimum Gasteiger partial charge on any atom is -0.497 e. The number of amidine groups is 2. The lowest BCUT2D eigenvalue weighted by molar-refractivity contribution is 0.340. The van der Waals surface area contributed by atoms with Crippen LogP contribution in [0.4, 0.5) is 22.9 Å². The summed E-state index contributed by atoms with van der Waals surface area (Å²) in [5.74, 6) is 3.78. The van der Waals surface area contributed by atoms with Crippen LogP contribution in [0, 0.1) is 6.92 Å². The van der Waals surface area contributed by atoms with Gasteiger partial charge in [0.05, 0.1) is 42.5 Å². The Morgan fingerprint density at radius 1 is 0.810 bits per heavy atom. The standard InChI is InChI=1S/C34H30N6O2/c1-4-42-27-20-16-24(17-21-27)35-32-34-37-33-30(22(2)38-40(33)25-10-6-5-7-11-25)31(23-14-18-26(41-3)19-15-23)39(34)29-13-9-8-12-28(29)36-32/h5-21,31H,4H2,1-3H3,(H,35,36). The van der Waals surface area contributed by atoms with Gasteiger partial charge in [0.2, 0.25) is 0 Å². The molecule has 0 saturated heterocycles. The fourth-order valence-electron chi connectivity index (χ4n) is 5.59. The number of hydrogen-bond donors (Lipinski definition) is 1. The van der Waals surface area contributed by atoms with Crippen LogP contribution in [0.1, 0.15) is 29.8 Å². The van der Waals surface area contributed by atoms with Gasteiger partial charge in [-0.15, -0.1) is 0 Å². The topological polar surface area (TPSA) is 76.3 Å². The molecule has 2 aliphatic rings. The third kappa shape index (κ3) is 4.37. The van der Waals surface area contributed by atoms with Gasteiger partial charge in [-0.2, -0.15) is 5.10 Å². The van der Waals surface area contributed by atoms with Crippen molar-refractivity contribution >= 4 is 34.6 Å². The first-order chi connectivity index (χ1) is 20.6. The van der Waals surface area contributed by atoms with Crippen molar-refractivity contribution < 1.29 is 9.47 Å². The van der Waals surface area contributed by atoms with Gasteiger partial charge in [0.25, 0.3) is 0 Å². The molecule has 208 valence electrons. The molecule has 4 aromatic carbocycles. The number of benzene rings is 4. The van der Waals surface area contributed by atoms with Crippen molar-refractivity contribution in [3.05, 3.63) is 120 Å². The minimum absolute atomic E-state index is 0.204. The molecule has 0 aliphatic carbocycles. The SMILES string of the molecule is CCOc1ccc(NC2=Nc3ccccc3N3C2=Nc2c(c(C)nn2-c2ccccc2)C3c2ccc(OC)cc2)cc1. The molecule has 1 unspecified atom stereocenters. The Kier molecular flexibility index (Phi) is 6.43. The highest BCUT2D eigenvalue weighted by Crippen LogP contribution is 2.48. The largest absolute Gasteiger partial charge is 0.497 e. The van der Waals surface area contributed by atoms with Crippen LogP contribution < -0.4 is 19.7 Å². The number of anilines is 2. The number of nitrogens with zero attached hydrogens (tertiary/aromatic N) is 5. The van der Waals surface area contributed by atoms with Crippen LogP contribution >= 0.6 is 0 Å². The lowest BCUT2D eigenvalue weighted by atomic mass is 9.93. The van der Waals surface area contributed by atoms with Crippen LogP contribution in [0.15, 0.2) is 113 Å². The summed E-state index contributed by atoms with van der Waals surface area (Å²) in [4.78, 5) is 12.6. The van der Waals surface area contributed by atoms with E-state index >= 15 is 0 Å². The summed E-state index contributed by atoms with van der Waals surface area (Å²) in [5.41, 5.74) is 6.73. The molecule has 1 aromatic heterocycles. The van der Waals surface area contributed by atoms with Crippen LogP contribution in [-0.4, -0.2) is 35.2 Å². The zero-order valence-electron chi connectivity index (χ0n) is 23.7. The summed E-state index contributed by atoms with van der Waals surface area (Å²) in [6.45, 7) is 4.65. The number of aliphatic imine (C=N–C) groups is 2. The molecule has 8 heteroatoms. The molecule has 0 fully saturated rings. The Hall–Kier alpha value is -5.37. The maximum Gasteiger partial charge on any atom is 0.179 e. The predicted molar refractivity (Wildman–Crippen MR) is 167 cm³/mol. The quantitative estimate of drug-likeness (QED) is 0.237. The summed E-state index contributed by atoms with van der Waals surface area (Å²) in [7, 11) is 1.68. The third-order valence-electron chi connectivity index (χ3n) is 7.50. The van der Waals surface area contributed by atoms with Gasteiger partial charge < -0.3 is 19.7 Å². The van der Waals surface area contributed by atoms with Gasteiger partial charge in [-0.3, -0.25) is 0 Å². The molecule has 2 aliphatic heterocycles. The smallest absolute Gasteiger partial charge is 0.179 e. The summed E-state index contributed by atoms with van der Waals surface area (Å²) < 4.78 is 13.1. The van der Waals surface area contributed by atoms with Gasteiger partial charge in [-0.05, 0) is 80.1 Å². The van der Waals surface area contributed by atoms with E-state index in [4.69, 9.17) is 24.6 Å². The molecule has 3 heterocycles. The van der Waals surface area contributed by atoms with E-state index < -0.39 is 0 Å². The number of rotatable bonds is 6. The number of nitrogens with one attached hydrogen (secondary N) is 1. The molecule has 42 heavy (non-hydrogen) atoms. The molecule has 0 amide bonds. The van der Waals surface area contributed by atoms with Gasteiger partial charge in [0, 0.05) is 11.3 Å². The van der Waals surface area contributed by atoms with E-state index in [0.717, 1.165) is 56.9 Å². The zero-order chi connectivity index (χ0) is 28.6. The van der Waals surface area contributed by atoms with Crippen LogP contribution in [0.2, 0.25) is 0 Å². The first kappa shape index (κ1) is 25.6. The third-order valence-corrected chi connectivity index (χ3v) is 7.50. The summed E-state index contributed by atoms with van der Waals surface area (Å²) in [6.07, 6.45) is 0. The summed E-state index contributed by atoms with van der Waals surface area (Å²) in [5, 5.41) is 8.56. The van der Waals surface area contributed by atoms with Crippen molar-refractivity contribution in [2.24, 2.45) is 9.98 Å². The van der Waals surface area contributed by atoms with E-state index in [1.165, 1.54) is 0 Å². The number of aromatic nitrogens is 2. The highest BCUT2D eigenvalue weighted by Gasteiger charge is 2.41. The normalized spacial score (nSPS) is 15.1. The van der Waals surface area contributed by atoms with E-state index in [0.29, 0.717) is 18.3 Å². The van der Waals surface area contributed by atoms with Crippen molar-refractivity contribution in [1.82, 2.24) is 9.78 Å². The second-order valence-corrected chi connectivity index (χ2v) is 10.1. The molecule has 0 saturated carbocycles. The highest BCUT2D eigenvalue weighted by atomic mass is 16.5. The first-order valence-corrected chi connectivity index (χ1v) is 14.0. The summed E-state index contributed by atoms with van der Waals surface area (Å²) in [6, 6.07) is 34.2. The molecule has 8 nitrogen and oxygen atoms in total. The van der Waals surface area contributed by atoms with E-state index in [9.17, 15) is 0 Å². The van der Waals surface area contributed by atoms with Crippen LogP contribution in [0.5, 0.6) is 11.5 Å². The molecular formula is C34H30N6O2. The lowest BCUT2D eigenvalue weighted by Gasteiger charge is -2.40. The summed E-state index contributed by atoms with van der Waals surface area (Å²) >= 11 is 0. The van der Waals surface area contributed by atoms with Gasteiger partial charge in [-0.25, -0.2) is 14.7 Å². The second-order valence-electron chi connectivity index (χ2n) is 10.1. The Labute approximate surface area is 244 Å². The van der Waals surface area contributed by atoms with Gasteiger partial charge in [0.15, 0.2) is 17.5 Å². The Morgan fingerprint density at radius 3 is 2.26 bits per heavy atom. The lowest BCUT2D eigenvalue weighted by Crippen LogP contribution is -2.46. The first-order valence-electron chi connectivity index (χ1n) is 14.0. The average molecular weight is 555 g/mol. The molecule has 1 atom stereocenters. The number of hydrogen-bond acceptors (Lipinski definition) is 7. The van der Waals surface area contributed by atoms with Crippen molar-refractivity contribution in [2.45, 2.75) is 19.9 Å². The zero-order valence-corrected chi connectivity index (χ0v) is 23.7. The number of methoxy groups -OCH3 is 1. The van der Waals surface area contributed by atoms with Crippen LogP contribution in [0.3, 0.4) is 0 Å². The van der Waals surface area contributed by atoms with Crippen molar-refractivity contribution in [3.63, 3.8) is 0 Å². The van der Waals surface area contributed by atoms with Crippen LogP contribution in [-0.2, 0) is 0 Å². The number of para-hydroxylation sites is 3.